The number of ether oxygens (including phenoxy) is 2. The van der Waals surface area contributed by atoms with Crippen LogP contribution in [0.3, 0.4) is 0 Å². The molecular formula is C9H16O3. The van der Waals surface area contributed by atoms with Crippen molar-refractivity contribution >= 4 is 6.29 Å². The van der Waals surface area contributed by atoms with E-state index in [1.54, 1.807) is 0 Å². The van der Waals surface area contributed by atoms with Crippen LogP contribution in [0.15, 0.2) is 0 Å². The lowest BCUT2D eigenvalue weighted by Crippen LogP contribution is -2.35. The van der Waals surface area contributed by atoms with Gasteiger partial charge < -0.3 is 14.3 Å². The van der Waals surface area contributed by atoms with E-state index >= 15 is 0 Å². The number of carbonyl (C=O) groups is 1. The highest BCUT2D eigenvalue weighted by Gasteiger charge is 2.23. The largest absolute Gasteiger partial charge is 0.352 e. The Morgan fingerprint density at radius 3 is 2.58 bits per heavy atom. The molecule has 0 bridgehead atoms. The van der Waals surface area contributed by atoms with Crippen molar-refractivity contribution in [2.24, 2.45) is 11.8 Å². The van der Waals surface area contributed by atoms with E-state index in [9.17, 15) is 4.79 Å². The molecule has 1 atom stereocenters. The molecule has 1 fully saturated rings. The third-order valence-electron chi connectivity index (χ3n) is 2.02. The first-order chi connectivity index (χ1) is 5.74. The molecule has 1 saturated heterocycles. The van der Waals surface area contributed by atoms with Crippen LogP contribution in [0.2, 0.25) is 0 Å². The zero-order valence-electron chi connectivity index (χ0n) is 7.66. The van der Waals surface area contributed by atoms with Gasteiger partial charge in [-0.3, -0.25) is 0 Å². The Morgan fingerprint density at radius 2 is 2.08 bits per heavy atom. The van der Waals surface area contributed by atoms with E-state index in [1.807, 2.05) is 6.92 Å². The molecule has 70 valence electrons. The van der Waals surface area contributed by atoms with Gasteiger partial charge in [0.25, 0.3) is 0 Å². The summed E-state index contributed by atoms with van der Waals surface area (Å²) in [6, 6.07) is 0. The normalized spacial score (nSPS) is 32.8. The van der Waals surface area contributed by atoms with Gasteiger partial charge in [-0.1, -0.05) is 13.8 Å². The Morgan fingerprint density at radius 1 is 1.50 bits per heavy atom. The van der Waals surface area contributed by atoms with E-state index in [4.69, 9.17) is 9.47 Å². The molecule has 0 aromatic heterocycles. The van der Waals surface area contributed by atoms with Crippen molar-refractivity contribution in [3.8, 4) is 0 Å². The van der Waals surface area contributed by atoms with Crippen molar-refractivity contribution in [2.45, 2.75) is 26.6 Å². The van der Waals surface area contributed by atoms with Crippen LogP contribution in [-0.4, -0.2) is 25.8 Å². The molecule has 12 heavy (non-hydrogen) atoms. The minimum atomic E-state index is -0.175. The maximum atomic E-state index is 10.2. The topological polar surface area (TPSA) is 35.5 Å². The summed E-state index contributed by atoms with van der Waals surface area (Å²) in [6.07, 6.45) is 1.25. The average Bonchev–Trinajstić information content (AvgIpc) is 2.06. The predicted octanol–water partition coefficient (Wildman–Crippen LogP) is 1.22. The molecule has 1 heterocycles. The van der Waals surface area contributed by atoms with Crippen LogP contribution < -0.4 is 0 Å². The number of hydrogen-bond donors (Lipinski definition) is 0. The van der Waals surface area contributed by atoms with Crippen LogP contribution in [0.4, 0.5) is 0 Å². The molecule has 3 nitrogen and oxygen atoms in total. The Balaban J connectivity index is 2.28. The van der Waals surface area contributed by atoms with E-state index in [-0.39, 0.29) is 12.2 Å². The fourth-order valence-corrected chi connectivity index (χ4v) is 1.21. The molecule has 1 unspecified atom stereocenters. The second kappa shape index (κ2) is 4.58. The summed E-state index contributed by atoms with van der Waals surface area (Å²) in [7, 11) is 0. The SMILES string of the molecule is CC1COC(C(C)CC=O)OC1. The lowest BCUT2D eigenvalue weighted by atomic mass is 10.1. The van der Waals surface area contributed by atoms with Crippen molar-refractivity contribution in [1.29, 1.82) is 0 Å². The lowest BCUT2D eigenvalue weighted by Gasteiger charge is -2.30. The van der Waals surface area contributed by atoms with Crippen LogP contribution in [0.1, 0.15) is 20.3 Å². The third kappa shape index (κ3) is 2.57. The summed E-state index contributed by atoms with van der Waals surface area (Å²) in [5.41, 5.74) is 0. The van der Waals surface area contributed by atoms with Gasteiger partial charge >= 0.3 is 0 Å². The summed E-state index contributed by atoms with van der Waals surface area (Å²) in [4.78, 5) is 10.2. The molecule has 1 aliphatic heterocycles. The summed E-state index contributed by atoms with van der Waals surface area (Å²) < 4.78 is 10.8. The maximum absolute atomic E-state index is 10.2. The quantitative estimate of drug-likeness (QED) is 0.600. The van der Waals surface area contributed by atoms with Crippen LogP contribution >= 0.6 is 0 Å². The summed E-state index contributed by atoms with van der Waals surface area (Å²) in [5, 5.41) is 0. The third-order valence-corrected chi connectivity index (χ3v) is 2.02. The molecule has 0 radical (unpaired) electrons. The molecule has 0 N–H and O–H groups in total. The van der Waals surface area contributed by atoms with E-state index in [0.717, 1.165) is 19.5 Å². The molecule has 0 saturated carbocycles. The van der Waals surface area contributed by atoms with Gasteiger partial charge in [0.2, 0.25) is 0 Å². The molecule has 0 amide bonds. The number of aldehydes is 1. The molecule has 0 aromatic rings. The Labute approximate surface area is 73.0 Å². The van der Waals surface area contributed by atoms with Crippen LogP contribution in [0.25, 0.3) is 0 Å². The van der Waals surface area contributed by atoms with Crippen molar-refractivity contribution < 1.29 is 14.3 Å². The number of rotatable bonds is 3. The van der Waals surface area contributed by atoms with Crippen molar-refractivity contribution in [2.75, 3.05) is 13.2 Å². The minimum Gasteiger partial charge on any atom is -0.352 e. The van der Waals surface area contributed by atoms with Gasteiger partial charge in [0.15, 0.2) is 6.29 Å². The standard InChI is InChI=1S/C9H16O3/c1-7-5-11-9(12-6-7)8(2)3-4-10/h4,7-9H,3,5-6H2,1-2H3. The highest BCUT2D eigenvalue weighted by Crippen LogP contribution is 2.18. The number of carbonyl (C=O) groups excluding carboxylic acids is 1. The minimum absolute atomic E-state index is 0.175. The molecule has 0 spiro atoms. The van der Waals surface area contributed by atoms with Crippen molar-refractivity contribution in [3.05, 3.63) is 0 Å². The molecule has 3 heteroatoms. The monoisotopic (exact) mass is 172 g/mol. The Bertz CT molecular complexity index is 139. The zero-order chi connectivity index (χ0) is 8.97. The molecule has 0 aromatic carbocycles. The maximum Gasteiger partial charge on any atom is 0.160 e. The van der Waals surface area contributed by atoms with Crippen molar-refractivity contribution in [1.82, 2.24) is 0 Å². The first-order valence-electron chi connectivity index (χ1n) is 4.41. The van der Waals surface area contributed by atoms with E-state index in [1.165, 1.54) is 0 Å². The second-order valence-electron chi connectivity index (χ2n) is 3.52. The van der Waals surface area contributed by atoms with Crippen LogP contribution in [0.5, 0.6) is 0 Å². The summed E-state index contributed by atoms with van der Waals surface area (Å²) in [6.45, 7) is 5.54. The van der Waals surface area contributed by atoms with Gasteiger partial charge in [0.05, 0.1) is 13.2 Å². The smallest absolute Gasteiger partial charge is 0.160 e. The fraction of sp³-hybridized carbons (Fsp3) is 0.889. The first kappa shape index (κ1) is 9.68. The molecule has 0 aliphatic carbocycles. The molecule has 1 aliphatic rings. The van der Waals surface area contributed by atoms with E-state index in [0.29, 0.717) is 12.3 Å². The van der Waals surface area contributed by atoms with Gasteiger partial charge in [-0.2, -0.15) is 0 Å². The fourth-order valence-electron chi connectivity index (χ4n) is 1.21. The Kier molecular flexibility index (Phi) is 3.69. The number of hydrogen-bond acceptors (Lipinski definition) is 3. The second-order valence-corrected chi connectivity index (χ2v) is 3.52. The summed E-state index contributed by atoms with van der Waals surface area (Å²) >= 11 is 0. The van der Waals surface area contributed by atoms with E-state index in [2.05, 4.69) is 6.92 Å². The van der Waals surface area contributed by atoms with Crippen molar-refractivity contribution in [3.63, 3.8) is 0 Å². The first-order valence-corrected chi connectivity index (χ1v) is 4.41. The van der Waals surface area contributed by atoms with Gasteiger partial charge in [0.1, 0.15) is 6.29 Å². The van der Waals surface area contributed by atoms with Crippen LogP contribution in [0, 0.1) is 11.8 Å². The lowest BCUT2D eigenvalue weighted by molar-refractivity contribution is -0.219. The summed E-state index contributed by atoms with van der Waals surface area (Å²) in [5.74, 6) is 0.652. The zero-order valence-corrected chi connectivity index (χ0v) is 7.66. The average molecular weight is 172 g/mol. The van der Waals surface area contributed by atoms with E-state index < -0.39 is 0 Å². The molecular weight excluding hydrogens is 156 g/mol. The van der Waals surface area contributed by atoms with Gasteiger partial charge in [-0.15, -0.1) is 0 Å². The van der Waals surface area contributed by atoms with Crippen LogP contribution in [-0.2, 0) is 14.3 Å². The Hall–Kier alpha value is -0.410. The van der Waals surface area contributed by atoms with Gasteiger partial charge in [-0.05, 0) is 0 Å². The van der Waals surface area contributed by atoms with Gasteiger partial charge in [0, 0.05) is 18.3 Å². The predicted molar refractivity (Wildman–Crippen MR) is 44.7 cm³/mol. The highest BCUT2D eigenvalue weighted by molar-refractivity contribution is 5.49. The molecule has 1 rings (SSSR count). The van der Waals surface area contributed by atoms with Gasteiger partial charge in [-0.25, -0.2) is 0 Å². The highest BCUT2D eigenvalue weighted by atomic mass is 16.7.